The maximum atomic E-state index is 10.9. The van der Waals surface area contributed by atoms with Crippen molar-refractivity contribution in [3.8, 4) is 0 Å². The molecule has 1 N–H and O–H groups in total. The smallest absolute Gasteiger partial charge is 0.335 e. The normalized spacial score (nSPS) is 19.0. The summed E-state index contributed by atoms with van der Waals surface area (Å²) in [5.41, 5.74) is 2.59. The number of benzene rings is 1. The highest BCUT2D eigenvalue weighted by Gasteiger charge is 2.22. The predicted molar refractivity (Wildman–Crippen MR) is 82.7 cm³/mol. The Morgan fingerprint density at radius 2 is 2.09 bits per heavy atom. The minimum Gasteiger partial charge on any atom is -0.478 e. The van der Waals surface area contributed by atoms with Crippen LogP contribution in [0.25, 0.3) is 0 Å². The number of piperidine rings is 1. The highest BCUT2D eigenvalue weighted by molar-refractivity contribution is 5.87. The van der Waals surface area contributed by atoms with Gasteiger partial charge in [-0.2, -0.15) is 0 Å². The first-order valence-corrected chi connectivity index (χ1v) is 7.53. The van der Waals surface area contributed by atoms with Crippen LogP contribution >= 0.6 is 0 Å². The molecule has 0 saturated carbocycles. The van der Waals surface area contributed by atoms with Gasteiger partial charge in [0.15, 0.2) is 0 Å². The molecule has 1 fully saturated rings. The Bertz CT molecular complexity index is 628. The second-order valence-corrected chi connectivity index (χ2v) is 5.71. The zero-order valence-corrected chi connectivity index (χ0v) is 12.4. The standard InChI is InChI=1S/C17H19N3O2/c21-17(22)14-5-3-13(4-6-14)10-20-9-1-2-15(11-20)16-7-8-18-12-19-16/h3-8,12,15H,1-2,9-11H2,(H,21,22)/t15-/m1/s1. The van der Waals surface area contributed by atoms with Crippen LogP contribution < -0.4 is 0 Å². The number of carbonyl (C=O) groups is 1. The summed E-state index contributed by atoms with van der Waals surface area (Å²) in [6.07, 6.45) is 5.72. The number of hydrogen-bond acceptors (Lipinski definition) is 4. The van der Waals surface area contributed by atoms with Gasteiger partial charge in [0.2, 0.25) is 0 Å². The van der Waals surface area contributed by atoms with E-state index in [-0.39, 0.29) is 0 Å². The van der Waals surface area contributed by atoms with Gasteiger partial charge in [0, 0.05) is 30.9 Å². The fraction of sp³-hybridized carbons (Fsp3) is 0.353. The quantitative estimate of drug-likeness (QED) is 0.939. The molecule has 1 aliphatic heterocycles. The van der Waals surface area contributed by atoms with E-state index in [0.29, 0.717) is 11.5 Å². The molecule has 0 aliphatic carbocycles. The average molecular weight is 297 g/mol. The van der Waals surface area contributed by atoms with Crippen molar-refractivity contribution in [2.75, 3.05) is 13.1 Å². The van der Waals surface area contributed by atoms with Crippen LogP contribution in [0.3, 0.4) is 0 Å². The molecule has 2 aromatic rings. The molecule has 5 heteroatoms. The second kappa shape index (κ2) is 6.66. The SMILES string of the molecule is O=C(O)c1ccc(CN2CCC[C@@H](c3ccncn3)C2)cc1. The number of carboxylic acid groups (broad SMARTS) is 1. The van der Waals surface area contributed by atoms with Gasteiger partial charge in [-0.3, -0.25) is 4.90 Å². The molecule has 3 rings (SSSR count). The van der Waals surface area contributed by atoms with Crippen molar-refractivity contribution in [1.82, 2.24) is 14.9 Å². The molecular formula is C17H19N3O2. The molecule has 1 aromatic heterocycles. The van der Waals surface area contributed by atoms with Gasteiger partial charge in [0.1, 0.15) is 6.33 Å². The summed E-state index contributed by atoms with van der Waals surface area (Å²) in [6.45, 7) is 2.90. The molecule has 2 heterocycles. The van der Waals surface area contributed by atoms with Crippen molar-refractivity contribution in [3.63, 3.8) is 0 Å². The lowest BCUT2D eigenvalue weighted by Gasteiger charge is -2.32. The fourth-order valence-corrected chi connectivity index (χ4v) is 2.99. The third-order valence-electron chi connectivity index (χ3n) is 4.14. The lowest BCUT2D eigenvalue weighted by molar-refractivity contribution is 0.0697. The molecule has 1 saturated heterocycles. The first kappa shape index (κ1) is 14.7. The largest absolute Gasteiger partial charge is 0.478 e. The van der Waals surface area contributed by atoms with Crippen LogP contribution in [0, 0.1) is 0 Å². The summed E-state index contributed by atoms with van der Waals surface area (Å²) in [4.78, 5) is 21.6. The Kier molecular flexibility index (Phi) is 4.44. The molecule has 114 valence electrons. The van der Waals surface area contributed by atoms with E-state index in [1.807, 2.05) is 18.2 Å². The maximum Gasteiger partial charge on any atom is 0.335 e. The summed E-state index contributed by atoms with van der Waals surface area (Å²) in [7, 11) is 0. The van der Waals surface area contributed by atoms with E-state index in [9.17, 15) is 4.79 Å². The Labute approximate surface area is 129 Å². The van der Waals surface area contributed by atoms with Crippen LogP contribution in [-0.4, -0.2) is 39.0 Å². The highest BCUT2D eigenvalue weighted by atomic mass is 16.4. The average Bonchev–Trinajstić information content (AvgIpc) is 2.56. The number of hydrogen-bond donors (Lipinski definition) is 1. The van der Waals surface area contributed by atoms with Crippen LogP contribution in [0.5, 0.6) is 0 Å². The number of rotatable bonds is 4. The summed E-state index contributed by atoms with van der Waals surface area (Å²) in [5, 5.41) is 8.94. The van der Waals surface area contributed by atoms with E-state index in [1.165, 1.54) is 0 Å². The Balaban J connectivity index is 1.64. The molecule has 5 nitrogen and oxygen atoms in total. The van der Waals surface area contributed by atoms with Crippen LogP contribution in [0.15, 0.2) is 42.9 Å². The molecule has 0 radical (unpaired) electrons. The summed E-state index contributed by atoms with van der Waals surface area (Å²) in [6, 6.07) is 9.14. The van der Waals surface area contributed by atoms with Gasteiger partial charge in [-0.25, -0.2) is 14.8 Å². The topological polar surface area (TPSA) is 66.3 Å². The van der Waals surface area contributed by atoms with E-state index in [0.717, 1.165) is 43.7 Å². The van der Waals surface area contributed by atoms with Gasteiger partial charge >= 0.3 is 5.97 Å². The summed E-state index contributed by atoms with van der Waals surface area (Å²) >= 11 is 0. The first-order valence-electron chi connectivity index (χ1n) is 7.53. The van der Waals surface area contributed by atoms with Crippen LogP contribution in [0.4, 0.5) is 0 Å². The van der Waals surface area contributed by atoms with Gasteiger partial charge in [0.05, 0.1) is 5.56 Å². The number of nitrogens with zero attached hydrogens (tertiary/aromatic N) is 3. The Hall–Kier alpha value is -2.27. The van der Waals surface area contributed by atoms with Crippen molar-refractivity contribution in [1.29, 1.82) is 0 Å². The summed E-state index contributed by atoms with van der Waals surface area (Å²) in [5.74, 6) is -0.427. The molecule has 1 atom stereocenters. The number of aromatic carboxylic acids is 1. The Morgan fingerprint density at radius 1 is 1.27 bits per heavy atom. The molecule has 0 unspecified atom stereocenters. The van der Waals surface area contributed by atoms with Gasteiger partial charge in [-0.15, -0.1) is 0 Å². The molecular weight excluding hydrogens is 278 g/mol. The molecule has 0 spiro atoms. The lowest BCUT2D eigenvalue weighted by atomic mass is 9.94. The van der Waals surface area contributed by atoms with Gasteiger partial charge < -0.3 is 5.11 Å². The predicted octanol–water partition coefficient (Wildman–Crippen LogP) is 2.55. The van der Waals surface area contributed by atoms with Gasteiger partial charge in [-0.1, -0.05) is 12.1 Å². The molecule has 1 aliphatic rings. The van der Waals surface area contributed by atoms with Gasteiger partial charge in [-0.05, 0) is 43.1 Å². The van der Waals surface area contributed by atoms with Gasteiger partial charge in [0.25, 0.3) is 0 Å². The van der Waals surface area contributed by atoms with E-state index in [2.05, 4.69) is 14.9 Å². The molecule has 0 bridgehead atoms. The third kappa shape index (κ3) is 3.49. The molecule has 0 amide bonds. The van der Waals surface area contributed by atoms with Crippen molar-refractivity contribution in [2.45, 2.75) is 25.3 Å². The first-order chi connectivity index (χ1) is 10.7. The van der Waals surface area contributed by atoms with E-state index < -0.39 is 5.97 Å². The fourth-order valence-electron chi connectivity index (χ4n) is 2.99. The van der Waals surface area contributed by atoms with Crippen LogP contribution in [0.2, 0.25) is 0 Å². The Morgan fingerprint density at radius 3 is 2.77 bits per heavy atom. The van der Waals surface area contributed by atoms with Crippen molar-refractivity contribution < 1.29 is 9.90 Å². The number of aromatic nitrogens is 2. The zero-order valence-electron chi connectivity index (χ0n) is 12.4. The lowest BCUT2D eigenvalue weighted by Crippen LogP contribution is -2.34. The van der Waals surface area contributed by atoms with Crippen LogP contribution in [0.1, 0.15) is 40.4 Å². The van der Waals surface area contributed by atoms with Crippen LogP contribution in [-0.2, 0) is 6.54 Å². The van der Waals surface area contributed by atoms with Crippen molar-refractivity contribution >= 4 is 5.97 Å². The second-order valence-electron chi connectivity index (χ2n) is 5.71. The minimum absolute atomic E-state index is 0.334. The maximum absolute atomic E-state index is 10.9. The van der Waals surface area contributed by atoms with E-state index >= 15 is 0 Å². The van der Waals surface area contributed by atoms with Crippen molar-refractivity contribution in [2.24, 2.45) is 0 Å². The third-order valence-corrected chi connectivity index (χ3v) is 4.14. The minimum atomic E-state index is -0.881. The molecule has 1 aromatic carbocycles. The van der Waals surface area contributed by atoms with E-state index in [4.69, 9.17) is 5.11 Å². The zero-order chi connectivity index (χ0) is 15.4. The number of carboxylic acids is 1. The summed E-state index contributed by atoms with van der Waals surface area (Å²) < 4.78 is 0. The highest BCUT2D eigenvalue weighted by Crippen LogP contribution is 2.26. The monoisotopic (exact) mass is 297 g/mol. The van der Waals surface area contributed by atoms with E-state index in [1.54, 1.807) is 24.7 Å². The molecule has 22 heavy (non-hydrogen) atoms. The van der Waals surface area contributed by atoms with Crippen molar-refractivity contribution in [3.05, 3.63) is 59.7 Å². The number of likely N-dealkylation sites (tertiary alicyclic amines) is 1.